The Labute approximate surface area is 231 Å². The van der Waals surface area contributed by atoms with Crippen LogP contribution >= 0.6 is 0 Å². The van der Waals surface area contributed by atoms with Crippen LogP contribution in [0.5, 0.6) is 17.2 Å². The summed E-state index contributed by atoms with van der Waals surface area (Å²) < 4.78 is 16.8. The second-order valence-electron chi connectivity index (χ2n) is 10.2. The summed E-state index contributed by atoms with van der Waals surface area (Å²) in [7, 11) is 1.62. The lowest BCUT2D eigenvalue weighted by Crippen LogP contribution is -2.51. The van der Waals surface area contributed by atoms with E-state index in [0.29, 0.717) is 56.6 Å². The lowest BCUT2D eigenvalue weighted by atomic mass is 10.0. The van der Waals surface area contributed by atoms with E-state index in [2.05, 4.69) is 19.2 Å². The average molecular weight is 531 g/mol. The number of amides is 2. The zero-order valence-electron chi connectivity index (χ0n) is 23.0. The van der Waals surface area contributed by atoms with Gasteiger partial charge in [0.1, 0.15) is 25.0 Å². The van der Waals surface area contributed by atoms with Crippen molar-refractivity contribution in [1.82, 2.24) is 10.2 Å². The van der Waals surface area contributed by atoms with Crippen molar-refractivity contribution in [3.63, 3.8) is 0 Å². The van der Waals surface area contributed by atoms with E-state index < -0.39 is 6.04 Å². The van der Waals surface area contributed by atoms with Crippen LogP contribution in [-0.2, 0) is 29.0 Å². The van der Waals surface area contributed by atoms with Gasteiger partial charge in [0.05, 0.1) is 7.11 Å². The van der Waals surface area contributed by atoms with Gasteiger partial charge in [0.2, 0.25) is 11.8 Å². The molecule has 1 heterocycles. The molecule has 0 fully saturated rings. The number of hydrogen-bond donors (Lipinski definition) is 1. The molecule has 39 heavy (non-hydrogen) atoms. The molecule has 0 aromatic heterocycles. The maximum atomic E-state index is 13.9. The van der Waals surface area contributed by atoms with Gasteiger partial charge in [-0.15, -0.1) is 0 Å². The number of rotatable bonds is 12. The normalized spacial score (nSPS) is 13.0. The van der Waals surface area contributed by atoms with Crippen molar-refractivity contribution in [3.05, 3.63) is 89.5 Å². The molecule has 2 amide bonds. The molecule has 4 rings (SSSR count). The van der Waals surface area contributed by atoms with Crippen LogP contribution in [0.1, 0.15) is 37.0 Å². The van der Waals surface area contributed by atoms with Gasteiger partial charge in [-0.05, 0) is 53.3 Å². The number of benzene rings is 3. The van der Waals surface area contributed by atoms with Crippen molar-refractivity contribution in [2.45, 2.75) is 45.7 Å². The molecule has 1 N–H and O–H groups in total. The van der Waals surface area contributed by atoms with Crippen LogP contribution in [0.15, 0.2) is 72.8 Å². The fourth-order valence-electron chi connectivity index (χ4n) is 4.58. The molecule has 0 saturated heterocycles. The smallest absolute Gasteiger partial charge is 0.243 e. The summed E-state index contributed by atoms with van der Waals surface area (Å²) in [5.41, 5.74) is 2.88. The quantitative estimate of drug-likeness (QED) is 0.364. The minimum atomic E-state index is -0.662. The van der Waals surface area contributed by atoms with Crippen LogP contribution < -0.4 is 19.5 Å². The average Bonchev–Trinajstić information content (AvgIpc) is 2.97. The second kappa shape index (κ2) is 13.7. The van der Waals surface area contributed by atoms with E-state index in [1.54, 1.807) is 12.0 Å². The van der Waals surface area contributed by atoms with Gasteiger partial charge in [-0.3, -0.25) is 9.59 Å². The second-order valence-corrected chi connectivity index (χ2v) is 10.2. The van der Waals surface area contributed by atoms with Gasteiger partial charge in [-0.25, -0.2) is 0 Å². The van der Waals surface area contributed by atoms with E-state index in [-0.39, 0.29) is 18.2 Å². The summed E-state index contributed by atoms with van der Waals surface area (Å²) in [5.74, 6) is 2.19. The Morgan fingerprint density at radius 2 is 1.64 bits per heavy atom. The van der Waals surface area contributed by atoms with Crippen LogP contribution in [0, 0.1) is 5.92 Å². The number of fused-ring (bicyclic) bond motifs is 1. The fraction of sp³-hybridized carbons (Fsp3) is 0.375. The molecule has 0 bridgehead atoms. The van der Waals surface area contributed by atoms with Crippen LogP contribution in [0.2, 0.25) is 0 Å². The van der Waals surface area contributed by atoms with Gasteiger partial charge in [0.25, 0.3) is 0 Å². The van der Waals surface area contributed by atoms with Gasteiger partial charge in [0.15, 0.2) is 11.5 Å². The molecule has 7 heteroatoms. The minimum absolute atomic E-state index is 0.0895. The monoisotopic (exact) mass is 530 g/mol. The lowest BCUT2D eigenvalue weighted by molar-refractivity contribution is -0.141. The Balaban J connectivity index is 1.60. The van der Waals surface area contributed by atoms with E-state index in [0.717, 1.165) is 22.4 Å². The maximum Gasteiger partial charge on any atom is 0.243 e. The van der Waals surface area contributed by atoms with Crippen LogP contribution in [0.3, 0.4) is 0 Å². The van der Waals surface area contributed by atoms with E-state index in [4.69, 9.17) is 14.2 Å². The van der Waals surface area contributed by atoms with Crippen LogP contribution in [-0.4, -0.2) is 49.6 Å². The van der Waals surface area contributed by atoms with Crippen molar-refractivity contribution in [2.75, 3.05) is 26.9 Å². The third-order valence-corrected chi connectivity index (χ3v) is 6.68. The maximum absolute atomic E-state index is 13.9. The first-order valence-electron chi connectivity index (χ1n) is 13.6. The molecular formula is C32H38N2O5. The zero-order chi connectivity index (χ0) is 27.6. The highest BCUT2D eigenvalue weighted by Gasteiger charge is 2.30. The fourth-order valence-corrected chi connectivity index (χ4v) is 4.58. The first-order chi connectivity index (χ1) is 18.9. The first-order valence-corrected chi connectivity index (χ1v) is 13.6. The summed E-state index contributed by atoms with van der Waals surface area (Å²) in [6, 6.07) is 22.6. The number of aryl methyl sites for hydroxylation is 1. The Morgan fingerprint density at radius 1 is 0.897 bits per heavy atom. The highest BCUT2D eigenvalue weighted by molar-refractivity contribution is 5.88. The third-order valence-electron chi connectivity index (χ3n) is 6.68. The number of carbonyl (C=O) groups excluding carboxylic acids is 2. The highest BCUT2D eigenvalue weighted by Crippen LogP contribution is 2.31. The van der Waals surface area contributed by atoms with Crippen molar-refractivity contribution in [1.29, 1.82) is 0 Å². The standard InChI is InChI=1S/C32H38N2O5/c1-23(2)21-33-32(36)28(19-24-8-5-4-6-9-24)34(22-26-10-7-11-27(18-26)37-3)31(35)15-13-25-12-14-29-30(20-25)39-17-16-38-29/h4-12,14,18,20,23,28H,13,15-17,19,21-22H2,1-3H3,(H,33,36)/t28-/m0/s1. The molecule has 3 aromatic carbocycles. The summed E-state index contributed by atoms with van der Waals surface area (Å²) in [6.45, 7) is 5.99. The third kappa shape index (κ3) is 7.99. The van der Waals surface area contributed by atoms with Crippen molar-refractivity contribution in [2.24, 2.45) is 5.92 Å². The lowest BCUT2D eigenvalue weighted by Gasteiger charge is -2.32. The van der Waals surface area contributed by atoms with Crippen LogP contribution in [0.25, 0.3) is 0 Å². The topological polar surface area (TPSA) is 77.1 Å². The Bertz CT molecular complexity index is 1240. The molecular weight excluding hydrogens is 492 g/mol. The summed E-state index contributed by atoms with van der Waals surface area (Å²) in [5, 5.41) is 3.07. The first kappa shape index (κ1) is 28.0. The van der Waals surface area contributed by atoms with Gasteiger partial charge < -0.3 is 24.4 Å². The van der Waals surface area contributed by atoms with Gasteiger partial charge >= 0.3 is 0 Å². The number of nitrogens with zero attached hydrogens (tertiary/aromatic N) is 1. The largest absolute Gasteiger partial charge is 0.497 e. The number of methoxy groups -OCH3 is 1. The number of ether oxygens (including phenoxy) is 3. The number of hydrogen-bond acceptors (Lipinski definition) is 5. The SMILES string of the molecule is COc1cccc(CN(C(=O)CCc2ccc3c(c2)OCCO3)[C@@H](Cc2ccccc2)C(=O)NCC(C)C)c1. The van der Waals surface area contributed by atoms with E-state index in [1.807, 2.05) is 72.8 Å². The molecule has 3 aromatic rings. The molecule has 0 radical (unpaired) electrons. The highest BCUT2D eigenvalue weighted by atomic mass is 16.6. The molecule has 206 valence electrons. The minimum Gasteiger partial charge on any atom is -0.497 e. The Kier molecular flexibility index (Phi) is 9.84. The van der Waals surface area contributed by atoms with Crippen molar-refractivity contribution < 1.29 is 23.8 Å². The number of nitrogens with one attached hydrogen (secondary N) is 1. The van der Waals surface area contributed by atoms with Gasteiger partial charge in [-0.1, -0.05) is 62.4 Å². The summed E-state index contributed by atoms with van der Waals surface area (Å²) in [4.78, 5) is 29.2. The van der Waals surface area contributed by atoms with Crippen molar-refractivity contribution >= 4 is 11.8 Å². The van der Waals surface area contributed by atoms with E-state index >= 15 is 0 Å². The molecule has 0 unspecified atom stereocenters. The Morgan fingerprint density at radius 3 is 2.38 bits per heavy atom. The predicted molar refractivity (Wildman–Crippen MR) is 151 cm³/mol. The molecule has 1 aliphatic rings. The van der Waals surface area contributed by atoms with Gasteiger partial charge in [-0.2, -0.15) is 0 Å². The van der Waals surface area contributed by atoms with Crippen LogP contribution in [0.4, 0.5) is 0 Å². The predicted octanol–water partition coefficient (Wildman–Crippen LogP) is 4.81. The summed E-state index contributed by atoms with van der Waals surface area (Å²) >= 11 is 0. The zero-order valence-corrected chi connectivity index (χ0v) is 23.0. The van der Waals surface area contributed by atoms with Gasteiger partial charge in [0, 0.05) is 25.9 Å². The molecule has 0 saturated carbocycles. The molecule has 0 spiro atoms. The Hall–Kier alpha value is -4.00. The van der Waals surface area contributed by atoms with E-state index in [1.165, 1.54) is 0 Å². The van der Waals surface area contributed by atoms with Crippen molar-refractivity contribution in [3.8, 4) is 17.2 Å². The molecule has 1 atom stereocenters. The van der Waals surface area contributed by atoms with E-state index in [9.17, 15) is 9.59 Å². The molecule has 7 nitrogen and oxygen atoms in total. The number of carbonyl (C=O) groups is 2. The molecule has 0 aliphatic carbocycles. The summed E-state index contributed by atoms with van der Waals surface area (Å²) in [6.07, 6.45) is 1.20. The molecule has 1 aliphatic heterocycles.